The zero-order valence-electron chi connectivity index (χ0n) is 14.9. The van der Waals surface area contributed by atoms with Crippen LogP contribution in [0.4, 0.5) is 17.6 Å². The zero-order chi connectivity index (χ0) is 20.8. The largest absolute Gasteiger partial charge is 0.416 e. The normalized spacial score (nSPS) is 12.7. The van der Waals surface area contributed by atoms with E-state index in [4.69, 9.17) is 0 Å². The van der Waals surface area contributed by atoms with E-state index in [0.717, 1.165) is 18.2 Å². The number of sulfone groups is 1. The van der Waals surface area contributed by atoms with Gasteiger partial charge in [0.05, 0.1) is 11.3 Å². The molecule has 28 heavy (non-hydrogen) atoms. The van der Waals surface area contributed by atoms with Crippen molar-refractivity contribution in [1.29, 1.82) is 0 Å². The second kappa shape index (κ2) is 9.05. The molecule has 5 nitrogen and oxygen atoms in total. The molecule has 0 aromatic heterocycles. The Kier molecular flexibility index (Phi) is 7.00. The molecule has 0 unspecified atom stereocenters. The maximum absolute atomic E-state index is 13.6. The first-order valence-corrected chi connectivity index (χ1v) is 9.86. The molecule has 152 valence electrons. The third kappa shape index (κ3) is 5.95. The Morgan fingerprint density at radius 3 is 2.43 bits per heavy atom. The summed E-state index contributed by atoms with van der Waals surface area (Å²) in [6.07, 6.45) is -4.43. The van der Waals surface area contributed by atoms with Gasteiger partial charge in [0.2, 0.25) is 0 Å². The lowest BCUT2D eigenvalue weighted by Gasteiger charge is -2.13. The van der Waals surface area contributed by atoms with E-state index in [-0.39, 0.29) is 29.7 Å². The number of hydrogen-bond acceptors (Lipinski definition) is 3. The van der Waals surface area contributed by atoms with Crippen molar-refractivity contribution in [3.8, 4) is 0 Å². The van der Waals surface area contributed by atoms with Crippen molar-refractivity contribution in [2.75, 3.05) is 19.3 Å². The monoisotopic (exact) mass is 417 g/mol. The van der Waals surface area contributed by atoms with E-state index in [9.17, 15) is 26.0 Å². The van der Waals surface area contributed by atoms with Gasteiger partial charge in [0.25, 0.3) is 0 Å². The highest BCUT2D eigenvalue weighted by atomic mass is 32.2. The quantitative estimate of drug-likeness (QED) is 0.431. The lowest BCUT2D eigenvalue weighted by atomic mass is 10.1. The first kappa shape index (κ1) is 21.7. The Morgan fingerprint density at radius 2 is 1.79 bits per heavy atom. The minimum Gasteiger partial charge on any atom is -0.355 e. The summed E-state index contributed by atoms with van der Waals surface area (Å²) in [7, 11) is -2.39. The van der Waals surface area contributed by atoms with Crippen LogP contribution >= 0.6 is 0 Å². The fourth-order valence-electron chi connectivity index (χ4n) is 2.37. The standard InChI is InChI=1S/C18H19F4N3O2S/c1-23-17(25-12-13-5-4-6-14(11-13)18(20,21)22)24-9-10-28(26,27)16-8-3-2-7-15(16)19/h2-8,11H,9-10,12H2,1H3,(H2,23,24,25). The molecule has 0 bridgehead atoms. The number of benzene rings is 2. The average Bonchev–Trinajstić information content (AvgIpc) is 2.64. The maximum atomic E-state index is 13.6. The molecule has 0 saturated carbocycles. The van der Waals surface area contributed by atoms with E-state index in [1.54, 1.807) is 0 Å². The van der Waals surface area contributed by atoms with Gasteiger partial charge in [-0.3, -0.25) is 4.99 Å². The molecule has 0 radical (unpaired) electrons. The summed E-state index contributed by atoms with van der Waals surface area (Å²) >= 11 is 0. The van der Waals surface area contributed by atoms with Gasteiger partial charge in [-0.15, -0.1) is 0 Å². The third-order valence-corrected chi connectivity index (χ3v) is 5.52. The van der Waals surface area contributed by atoms with Gasteiger partial charge in [0.15, 0.2) is 15.8 Å². The number of halogens is 4. The summed E-state index contributed by atoms with van der Waals surface area (Å²) in [4.78, 5) is 3.50. The van der Waals surface area contributed by atoms with E-state index >= 15 is 0 Å². The number of nitrogens with one attached hydrogen (secondary N) is 2. The first-order chi connectivity index (χ1) is 13.1. The average molecular weight is 417 g/mol. The lowest BCUT2D eigenvalue weighted by Crippen LogP contribution is -2.39. The molecule has 2 rings (SSSR count). The topological polar surface area (TPSA) is 70.6 Å². The molecule has 2 aromatic rings. The lowest BCUT2D eigenvalue weighted by molar-refractivity contribution is -0.137. The number of alkyl halides is 3. The van der Waals surface area contributed by atoms with Crippen molar-refractivity contribution in [1.82, 2.24) is 10.6 Å². The highest BCUT2D eigenvalue weighted by Gasteiger charge is 2.30. The summed E-state index contributed by atoms with van der Waals surface area (Å²) in [6, 6.07) is 9.90. The Bertz CT molecular complexity index is 944. The Hall–Kier alpha value is -2.62. The molecule has 0 amide bonds. The molecule has 2 N–H and O–H groups in total. The Morgan fingerprint density at radius 1 is 1.07 bits per heavy atom. The van der Waals surface area contributed by atoms with Crippen LogP contribution in [0.3, 0.4) is 0 Å². The molecular weight excluding hydrogens is 398 g/mol. The molecule has 10 heteroatoms. The molecule has 0 fully saturated rings. The van der Waals surface area contributed by atoms with Gasteiger partial charge in [0, 0.05) is 20.1 Å². The highest BCUT2D eigenvalue weighted by Crippen LogP contribution is 2.29. The predicted molar refractivity (Wildman–Crippen MR) is 98.1 cm³/mol. The van der Waals surface area contributed by atoms with Crippen LogP contribution in [0, 0.1) is 5.82 Å². The molecule has 0 aliphatic carbocycles. The summed E-state index contributed by atoms with van der Waals surface area (Å²) < 4.78 is 76.2. The van der Waals surface area contributed by atoms with Crippen molar-refractivity contribution in [3.63, 3.8) is 0 Å². The van der Waals surface area contributed by atoms with E-state index in [1.165, 1.54) is 37.4 Å². The predicted octanol–water partition coefficient (Wildman–Crippen LogP) is 2.98. The molecule has 0 heterocycles. The summed E-state index contributed by atoms with van der Waals surface area (Å²) in [5.74, 6) is -0.992. The van der Waals surface area contributed by atoms with Crippen LogP contribution in [-0.2, 0) is 22.6 Å². The zero-order valence-corrected chi connectivity index (χ0v) is 15.7. The van der Waals surface area contributed by atoms with Crippen LogP contribution < -0.4 is 10.6 Å². The molecule has 0 aliphatic heterocycles. The number of nitrogens with zero attached hydrogens (tertiary/aromatic N) is 1. The van der Waals surface area contributed by atoms with E-state index in [1.807, 2.05) is 0 Å². The van der Waals surface area contributed by atoms with E-state index in [2.05, 4.69) is 15.6 Å². The van der Waals surface area contributed by atoms with Gasteiger partial charge in [-0.05, 0) is 29.8 Å². The molecule has 0 atom stereocenters. The molecular formula is C18H19F4N3O2S. The fourth-order valence-corrected chi connectivity index (χ4v) is 3.62. The van der Waals surface area contributed by atoms with Gasteiger partial charge in [0.1, 0.15) is 10.7 Å². The van der Waals surface area contributed by atoms with Crippen molar-refractivity contribution in [2.24, 2.45) is 4.99 Å². The van der Waals surface area contributed by atoms with Gasteiger partial charge < -0.3 is 10.6 Å². The molecule has 0 spiro atoms. The van der Waals surface area contributed by atoms with Crippen LogP contribution in [0.1, 0.15) is 11.1 Å². The third-order valence-electron chi connectivity index (χ3n) is 3.77. The van der Waals surface area contributed by atoms with Gasteiger partial charge >= 0.3 is 6.18 Å². The van der Waals surface area contributed by atoms with Crippen molar-refractivity contribution < 1.29 is 26.0 Å². The summed E-state index contributed by atoms with van der Waals surface area (Å²) in [6.45, 7) is 0.00257. The molecule has 0 aliphatic rings. The van der Waals surface area contributed by atoms with E-state index < -0.39 is 27.4 Å². The van der Waals surface area contributed by atoms with Gasteiger partial charge in [-0.25, -0.2) is 12.8 Å². The van der Waals surface area contributed by atoms with Crippen molar-refractivity contribution in [2.45, 2.75) is 17.6 Å². The minimum atomic E-state index is -4.43. The molecule has 0 saturated heterocycles. The smallest absolute Gasteiger partial charge is 0.355 e. The number of guanidine groups is 1. The maximum Gasteiger partial charge on any atom is 0.416 e. The van der Waals surface area contributed by atoms with E-state index in [0.29, 0.717) is 5.56 Å². The van der Waals surface area contributed by atoms with Crippen LogP contribution in [0.15, 0.2) is 58.4 Å². The van der Waals surface area contributed by atoms with Gasteiger partial charge in [-0.1, -0.05) is 24.3 Å². The van der Waals surface area contributed by atoms with Crippen molar-refractivity contribution >= 4 is 15.8 Å². The first-order valence-electron chi connectivity index (χ1n) is 8.21. The van der Waals surface area contributed by atoms with Gasteiger partial charge in [-0.2, -0.15) is 13.2 Å². The van der Waals surface area contributed by atoms with Crippen LogP contribution in [0.25, 0.3) is 0 Å². The van der Waals surface area contributed by atoms with Crippen LogP contribution in [-0.4, -0.2) is 33.7 Å². The fraction of sp³-hybridized carbons (Fsp3) is 0.278. The van der Waals surface area contributed by atoms with Crippen molar-refractivity contribution in [3.05, 3.63) is 65.5 Å². The minimum absolute atomic E-state index is 0.0566. The number of hydrogen-bond donors (Lipinski definition) is 2. The summed E-state index contributed by atoms with van der Waals surface area (Å²) in [5, 5.41) is 5.55. The van der Waals surface area contributed by atoms with Crippen LogP contribution in [0.2, 0.25) is 0 Å². The SMILES string of the molecule is CN=C(NCCS(=O)(=O)c1ccccc1F)NCc1cccc(C(F)(F)F)c1. The molecule has 2 aromatic carbocycles. The summed E-state index contributed by atoms with van der Waals surface area (Å²) in [5.41, 5.74) is -0.373. The Balaban J connectivity index is 1.91. The highest BCUT2D eigenvalue weighted by molar-refractivity contribution is 7.91. The Labute approximate surface area is 160 Å². The van der Waals surface area contributed by atoms with Crippen LogP contribution in [0.5, 0.6) is 0 Å². The number of aliphatic imine (C=N–C) groups is 1. The second-order valence-corrected chi connectivity index (χ2v) is 7.88. The number of rotatable bonds is 6. The second-order valence-electron chi connectivity index (χ2n) is 5.80.